The molecule has 1 heterocycles. The van der Waals surface area contributed by atoms with Crippen molar-refractivity contribution >= 4 is 28.3 Å². The van der Waals surface area contributed by atoms with Gasteiger partial charge in [0.25, 0.3) is 5.69 Å². The predicted molar refractivity (Wildman–Crippen MR) is 82.6 cm³/mol. The lowest BCUT2D eigenvalue weighted by molar-refractivity contribution is -0.384. The number of non-ortho nitro benzene ring substituents is 1. The number of hydrogen-bond acceptors (Lipinski definition) is 5. The molecule has 7 nitrogen and oxygen atoms in total. The molecule has 0 atom stereocenters. The molecule has 0 saturated heterocycles. The normalized spacial score (nSPS) is 13.8. The van der Waals surface area contributed by atoms with Gasteiger partial charge >= 0.3 is 0 Å². The van der Waals surface area contributed by atoms with Gasteiger partial charge in [-0.25, -0.2) is 4.98 Å². The third-order valence-electron chi connectivity index (χ3n) is 3.56. The monoisotopic (exact) mass is 300 g/mol. The Bertz CT molecular complexity index is 728. The number of hydrogen-bond donors (Lipinski definition) is 2. The molecule has 1 aliphatic carbocycles. The largest absolute Gasteiger partial charge is 0.368 e. The molecule has 7 heteroatoms. The highest BCUT2D eigenvalue weighted by Gasteiger charge is 2.28. The molecular weight excluding hydrogens is 284 g/mol. The first-order valence-electron chi connectivity index (χ1n) is 7.20. The van der Waals surface area contributed by atoms with E-state index in [1.165, 1.54) is 12.1 Å². The predicted octanol–water partition coefficient (Wildman–Crippen LogP) is 2.08. The molecule has 1 fully saturated rings. The van der Waals surface area contributed by atoms with Gasteiger partial charge in [0.1, 0.15) is 5.82 Å². The first-order chi connectivity index (χ1) is 10.6. The Hall–Kier alpha value is -2.70. The van der Waals surface area contributed by atoms with Gasteiger partial charge in [0.15, 0.2) is 0 Å². The first-order valence-corrected chi connectivity index (χ1v) is 7.20. The minimum Gasteiger partial charge on any atom is -0.368 e. The average Bonchev–Trinajstić information content (AvgIpc) is 3.35. The Morgan fingerprint density at radius 1 is 1.27 bits per heavy atom. The number of fused-ring (bicyclic) bond motifs is 1. The van der Waals surface area contributed by atoms with Crippen molar-refractivity contribution in [2.75, 3.05) is 18.4 Å². The van der Waals surface area contributed by atoms with E-state index in [1.807, 2.05) is 0 Å². The van der Waals surface area contributed by atoms with Crippen LogP contribution in [0, 0.1) is 16.0 Å². The third kappa shape index (κ3) is 3.30. The Morgan fingerprint density at radius 3 is 2.82 bits per heavy atom. The highest BCUT2D eigenvalue weighted by atomic mass is 16.6. The van der Waals surface area contributed by atoms with E-state index in [1.54, 1.807) is 18.2 Å². The average molecular weight is 300 g/mol. The van der Waals surface area contributed by atoms with E-state index >= 15 is 0 Å². The van der Waals surface area contributed by atoms with Gasteiger partial charge in [-0.1, -0.05) is 0 Å². The molecule has 1 saturated carbocycles. The summed E-state index contributed by atoms with van der Waals surface area (Å²) in [5, 5.41) is 17.5. The lowest BCUT2D eigenvalue weighted by Crippen LogP contribution is -2.29. The van der Waals surface area contributed by atoms with Gasteiger partial charge in [0.2, 0.25) is 5.91 Å². The number of aromatic nitrogens is 1. The van der Waals surface area contributed by atoms with Crippen LogP contribution in [0.2, 0.25) is 0 Å². The molecule has 1 aromatic heterocycles. The highest BCUT2D eigenvalue weighted by Crippen LogP contribution is 2.28. The van der Waals surface area contributed by atoms with Crippen LogP contribution >= 0.6 is 0 Å². The van der Waals surface area contributed by atoms with Crippen LogP contribution in [0.3, 0.4) is 0 Å². The summed E-state index contributed by atoms with van der Waals surface area (Å²) in [4.78, 5) is 26.2. The van der Waals surface area contributed by atoms with E-state index in [9.17, 15) is 14.9 Å². The SMILES string of the molecule is O=C(NCCNc1ccc2cc([N+](=O)[O-])ccc2n1)C1CC1. The number of benzene rings is 1. The van der Waals surface area contributed by atoms with E-state index in [-0.39, 0.29) is 17.5 Å². The van der Waals surface area contributed by atoms with E-state index in [0.29, 0.717) is 24.4 Å². The standard InChI is InChI=1S/C15H16N4O3/c20-15(10-1-2-10)17-8-7-16-14-6-3-11-9-12(19(21)22)4-5-13(11)18-14/h3-6,9-10H,1-2,7-8H2,(H,16,18)(H,17,20). The number of nitro groups is 1. The second-order valence-corrected chi connectivity index (χ2v) is 5.32. The van der Waals surface area contributed by atoms with Crippen molar-refractivity contribution in [3.63, 3.8) is 0 Å². The zero-order valence-electron chi connectivity index (χ0n) is 11.9. The number of carbonyl (C=O) groups is 1. The minimum absolute atomic E-state index is 0.0535. The maximum Gasteiger partial charge on any atom is 0.270 e. The summed E-state index contributed by atoms with van der Waals surface area (Å²) in [7, 11) is 0. The molecule has 1 amide bonds. The molecule has 1 aliphatic rings. The van der Waals surface area contributed by atoms with Gasteiger partial charge in [-0.15, -0.1) is 0 Å². The van der Waals surface area contributed by atoms with E-state index in [4.69, 9.17) is 0 Å². The number of carbonyl (C=O) groups excluding carboxylic acids is 1. The topological polar surface area (TPSA) is 97.2 Å². The maximum atomic E-state index is 11.5. The van der Waals surface area contributed by atoms with Crippen LogP contribution in [0.4, 0.5) is 11.5 Å². The lowest BCUT2D eigenvalue weighted by atomic mass is 10.2. The van der Waals surface area contributed by atoms with Crippen LogP contribution in [-0.4, -0.2) is 28.9 Å². The fourth-order valence-electron chi connectivity index (χ4n) is 2.19. The summed E-state index contributed by atoms with van der Waals surface area (Å²) in [5.41, 5.74) is 0.746. The molecule has 0 aliphatic heterocycles. The van der Waals surface area contributed by atoms with E-state index in [2.05, 4.69) is 15.6 Å². The van der Waals surface area contributed by atoms with Gasteiger partial charge in [0, 0.05) is 36.5 Å². The minimum atomic E-state index is -0.422. The summed E-state index contributed by atoms with van der Waals surface area (Å²) in [5.74, 6) is 1.03. The Labute approximate surface area is 126 Å². The van der Waals surface area contributed by atoms with Crippen molar-refractivity contribution in [3.8, 4) is 0 Å². The number of nitrogens with one attached hydrogen (secondary N) is 2. The van der Waals surface area contributed by atoms with Crippen molar-refractivity contribution in [2.45, 2.75) is 12.8 Å². The second-order valence-electron chi connectivity index (χ2n) is 5.32. The molecule has 114 valence electrons. The number of pyridine rings is 1. The first kappa shape index (κ1) is 14.2. The van der Waals surface area contributed by atoms with Crippen LogP contribution in [0.25, 0.3) is 10.9 Å². The number of rotatable bonds is 6. The summed E-state index contributed by atoms with van der Waals surface area (Å²) in [6.45, 7) is 1.14. The van der Waals surface area contributed by atoms with E-state index in [0.717, 1.165) is 18.2 Å². The number of amides is 1. The van der Waals surface area contributed by atoms with Crippen LogP contribution in [0.15, 0.2) is 30.3 Å². The molecule has 0 radical (unpaired) electrons. The van der Waals surface area contributed by atoms with Crippen molar-refractivity contribution in [1.29, 1.82) is 0 Å². The van der Waals surface area contributed by atoms with Crippen molar-refractivity contribution < 1.29 is 9.72 Å². The van der Waals surface area contributed by atoms with E-state index < -0.39 is 4.92 Å². The summed E-state index contributed by atoms with van der Waals surface area (Å²) < 4.78 is 0. The lowest BCUT2D eigenvalue weighted by Gasteiger charge is -2.08. The van der Waals surface area contributed by atoms with Gasteiger partial charge in [-0.05, 0) is 31.0 Å². The van der Waals surface area contributed by atoms with Gasteiger partial charge in [-0.2, -0.15) is 0 Å². The number of nitro benzene ring substituents is 1. The molecular formula is C15H16N4O3. The Kier molecular flexibility index (Phi) is 3.86. The number of anilines is 1. The molecule has 2 N–H and O–H groups in total. The molecule has 1 aromatic carbocycles. The molecule has 0 bridgehead atoms. The fraction of sp³-hybridized carbons (Fsp3) is 0.333. The van der Waals surface area contributed by atoms with Crippen molar-refractivity contribution in [1.82, 2.24) is 10.3 Å². The van der Waals surface area contributed by atoms with Gasteiger partial charge in [-0.3, -0.25) is 14.9 Å². The highest BCUT2D eigenvalue weighted by molar-refractivity contribution is 5.82. The fourth-order valence-corrected chi connectivity index (χ4v) is 2.19. The molecule has 3 rings (SSSR count). The zero-order valence-corrected chi connectivity index (χ0v) is 11.9. The number of nitrogens with zero attached hydrogens (tertiary/aromatic N) is 2. The van der Waals surface area contributed by atoms with Gasteiger partial charge < -0.3 is 10.6 Å². The smallest absolute Gasteiger partial charge is 0.270 e. The van der Waals surface area contributed by atoms with Crippen molar-refractivity contribution in [3.05, 3.63) is 40.4 Å². The summed E-state index contributed by atoms with van der Waals surface area (Å²) in [6, 6.07) is 8.14. The molecule has 22 heavy (non-hydrogen) atoms. The summed E-state index contributed by atoms with van der Waals surface area (Å²) in [6.07, 6.45) is 2.00. The van der Waals surface area contributed by atoms with Crippen molar-refractivity contribution in [2.24, 2.45) is 5.92 Å². The quantitative estimate of drug-likeness (QED) is 0.483. The maximum absolute atomic E-state index is 11.5. The zero-order chi connectivity index (χ0) is 15.5. The van der Waals surface area contributed by atoms with Crippen LogP contribution in [-0.2, 0) is 4.79 Å². The van der Waals surface area contributed by atoms with Gasteiger partial charge in [0.05, 0.1) is 10.4 Å². The summed E-state index contributed by atoms with van der Waals surface area (Å²) >= 11 is 0. The van der Waals surface area contributed by atoms with Crippen LogP contribution < -0.4 is 10.6 Å². The molecule has 2 aromatic rings. The van der Waals surface area contributed by atoms with Crippen LogP contribution in [0.5, 0.6) is 0 Å². The Balaban J connectivity index is 1.58. The second kappa shape index (κ2) is 5.97. The Morgan fingerprint density at radius 2 is 2.09 bits per heavy atom. The molecule has 0 unspecified atom stereocenters. The molecule has 0 spiro atoms. The third-order valence-corrected chi connectivity index (χ3v) is 3.56. The van der Waals surface area contributed by atoms with Crippen LogP contribution in [0.1, 0.15) is 12.8 Å².